The third-order valence-corrected chi connectivity index (χ3v) is 3.08. The molecule has 1 aromatic carbocycles. The van der Waals surface area contributed by atoms with Crippen LogP contribution in [0.4, 0.5) is 5.69 Å². The summed E-state index contributed by atoms with van der Waals surface area (Å²) < 4.78 is 5.04. The lowest BCUT2D eigenvalue weighted by Gasteiger charge is -2.11. The summed E-state index contributed by atoms with van der Waals surface area (Å²) in [6, 6.07) is 5.44. The van der Waals surface area contributed by atoms with Crippen molar-refractivity contribution >= 4 is 11.7 Å². The van der Waals surface area contributed by atoms with Crippen molar-refractivity contribution in [1.29, 1.82) is 0 Å². The highest BCUT2D eigenvalue weighted by Gasteiger charge is 2.18. The van der Waals surface area contributed by atoms with Crippen molar-refractivity contribution in [3.8, 4) is 0 Å². The lowest BCUT2D eigenvalue weighted by Crippen LogP contribution is -2.32. The fraction of sp³-hybridized carbons (Fsp3) is 0.500. The van der Waals surface area contributed by atoms with E-state index in [0.29, 0.717) is 18.5 Å². The Bertz CT molecular complexity index is 479. The van der Waals surface area contributed by atoms with E-state index < -0.39 is 16.9 Å². The van der Waals surface area contributed by atoms with Gasteiger partial charge < -0.3 is 16.2 Å². The quantitative estimate of drug-likeness (QED) is 0.308. The van der Waals surface area contributed by atoms with E-state index in [1.165, 1.54) is 6.07 Å². The number of esters is 1. The van der Waals surface area contributed by atoms with E-state index in [0.717, 1.165) is 19.3 Å². The summed E-state index contributed by atoms with van der Waals surface area (Å²) >= 11 is 0. The number of nitrogens with zero attached hydrogens (tertiary/aromatic N) is 1. The average molecular weight is 295 g/mol. The molecule has 0 saturated carbocycles. The van der Waals surface area contributed by atoms with Gasteiger partial charge in [0.2, 0.25) is 0 Å². The molecule has 0 bridgehead atoms. The van der Waals surface area contributed by atoms with Gasteiger partial charge in [0.05, 0.1) is 10.5 Å². The van der Waals surface area contributed by atoms with Crippen molar-refractivity contribution in [2.45, 2.75) is 38.3 Å². The summed E-state index contributed by atoms with van der Waals surface area (Å²) in [5, 5.41) is 10.8. The molecule has 7 nitrogen and oxygen atoms in total. The molecule has 0 aliphatic heterocycles. The summed E-state index contributed by atoms with van der Waals surface area (Å²) in [4.78, 5) is 22.0. The number of carbonyl (C=O) groups is 1. The summed E-state index contributed by atoms with van der Waals surface area (Å²) in [5.41, 5.74) is 11.4. The first-order valence-corrected chi connectivity index (χ1v) is 6.91. The molecule has 0 amide bonds. The van der Waals surface area contributed by atoms with Crippen molar-refractivity contribution in [1.82, 2.24) is 0 Å². The minimum Gasteiger partial charge on any atom is -0.459 e. The maximum absolute atomic E-state index is 11.7. The minimum atomic E-state index is -0.703. The van der Waals surface area contributed by atoms with E-state index in [2.05, 4.69) is 0 Å². The lowest BCUT2D eigenvalue weighted by atomic mass is 10.1. The highest BCUT2D eigenvalue weighted by atomic mass is 16.6. The Morgan fingerprint density at radius 2 is 2.00 bits per heavy atom. The van der Waals surface area contributed by atoms with E-state index in [1.807, 2.05) is 0 Å². The van der Waals surface area contributed by atoms with Gasteiger partial charge >= 0.3 is 5.97 Å². The molecule has 1 atom stereocenters. The zero-order valence-electron chi connectivity index (χ0n) is 11.9. The molecule has 1 aromatic rings. The molecular weight excluding hydrogens is 274 g/mol. The molecule has 0 aliphatic rings. The largest absolute Gasteiger partial charge is 0.459 e. The molecular formula is C14H21N3O4. The van der Waals surface area contributed by atoms with E-state index in [4.69, 9.17) is 16.2 Å². The van der Waals surface area contributed by atoms with Crippen molar-refractivity contribution in [3.63, 3.8) is 0 Å². The third-order valence-electron chi connectivity index (χ3n) is 3.08. The number of para-hydroxylation sites is 1. The summed E-state index contributed by atoms with van der Waals surface area (Å²) in [6.07, 6.45) is 3.15. The maximum Gasteiger partial charge on any atom is 0.323 e. The number of unbranched alkanes of at least 4 members (excludes halogenated alkanes) is 2. The molecule has 0 spiro atoms. The van der Waals surface area contributed by atoms with Gasteiger partial charge in [0, 0.05) is 6.07 Å². The fourth-order valence-corrected chi connectivity index (χ4v) is 1.87. The van der Waals surface area contributed by atoms with Gasteiger partial charge in [-0.15, -0.1) is 0 Å². The number of nitrogens with two attached hydrogens (primary N) is 2. The Morgan fingerprint density at radius 3 is 2.67 bits per heavy atom. The molecule has 21 heavy (non-hydrogen) atoms. The summed E-state index contributed by atoms with van der Waals surface area (Å²) in [6.45, 7) is 0.476. The molecule has 0 aromatic heterocycles. The second-order valence-corrected chi connectivity index (χ2v) is 4.74. The Labute approximate surface area is 123 Å². The van der Waals surface area contributed by atoms with Crippen LogP contribution in [0.25, 0.3) is 0 Å². The SMILES string of the molecule is NCCCCCC(N)C(=O)OCc1ccccc1[N+](=O)[O-]. The first kappa shape index (κ1) is 17.1. The van der Waals surface area contributed by atoms with Gasteiger partial charge in [-0.2, -0.15) is 0 Å². The van der Waals surface area contributed by atoms with Crippen LogP contribution in [0.1, 0.15) is 31.2 Å². The van der Waals surface area contributed by atoms with E-state index in [9.17, 15) is 14.9 Å². The molecule has 7 heteroatoms. The van der Waals surface area contributed by atoms with Crippen molar-refractivity contribution in [3.05, 3.63) is 39.9 Å². The van der Waals surface area contributed by atoms with E-state index >= 15 is 0 Å². The predicted molar refractivity (Wildman–Crippen MR) is 78.4 cm³/mol. The highest BCUT2D eigenvalue weighted by Crippen LogP contribution is 2.18. The van der Waals surface area contributed by atoms with Crippen LogP contribution in [0.3, 0.4) is 0 Å². The van der Waals surface area contributed by atoms with Crippen LogP contribution in [0.15, 0.2) is 24.3 Å². The van der Waals surface area contributed by atoms with Gasteiger partial charge in [0.25, 0.3) is 5.69 Å². The molecule has 0 radical (unpaired) electrons. The summed E-state index contributed by atoms with van der Waals surface area (Å²) in [5.74, 6) is -0.541. The second kappa shape index (κ2) is 9.04. The molecule has 0 aliphatic carbocycles. The Morgan fingerprint density at radius 1 is 1.29 bits per heavy atom. The number of carbonyl (C=O) groups excluding carboxylic acids is 1. The lowest BCUT2D eigenvalue weighted by molar-refractivity contribution is -0.385. The number of benzene rings is 1. The zero-order valence-corrected chi connectivity index (χ0v) is 11.9. The van der Waals surface area contributed by atoms with Crippen molar-refractivity contribution in [2.75, 3.05) is 6.54 Å². The number of hydrogen-bond acceptors (Lipinski definition) is 6. The van der Waals surface area contributed by atoms with Crippen LogP contribution < -0.4 is 11.5 Å². The Kier molecular flexibility index (Phi) is 7.34. The maximum atomic E-state index is 11.7. The molecule has 0 fully saturated rings. The number of ether oxygens (including phenoxy) is 1. The van der Waals surface area contributed by atoms with E-state index in [1.54, 1.807) is 18.2 Å². The van der Waals surface area contributed by atoms with Crippen molar-refractivity contribution in [2.24, 2.45) is 11.5 Å². The molecule has 116 valence electrons. The van der Waals surface area contributed by atoms with Crippen LogP contribution >= 0.6 is 0 Å². The first-order valence-electron chi connectivity index (χ1n) is 6.91. The predicted octanol–water partition coefficient (Wildman–Crippen LogP) is 1.48. The van der Waals surface area contributed by atoms with Crippen LogP contribution in [-0.2, 0) is 16.1 Å². The Balaban J connectivity index is 2.44. The first-order chi connectivity index (χ1) is 10.1. The number of nitro groups is 1. The molecule has 1 unspecified atom stereocenters. The van der Waals surface area contributed by atoms with Gasteiger partial charge in [-0.1, -0.05) is 25.0 Å². The molecule has 0 heterocycles. The van der Waals surface area contributed by atoms with Gasteiger partial charge in [-0.05, 0) is 25.5 Å². The van der Waals surface area contributed by atoms with Crippen LogP contribution in [0.5, 0.6) is 0 Å². The van der Waals surface area contributed by atoms with Gasteiger partial charge in [0.1, 0.15) is 12.6 Å². The van der Waals surface area contributed by atoms with Crippen LogP contribution in [0, 0.1) is 10.1 Å². The van der Waals surface area contributed by atoms with Crippen LogP contribution in [-0.4, -0.2) is 23.5 Å². The monoisotopic (exact) mass is 295 g/mol. The average Bonchev–Trinajstić information content (AvgIpc) is 2.49. The molecule has 0 saturated heterocycles. The Hall–Kier alpha value is -1.99. The van der Waals surface area contributed by atoms with Gasteiger partial charge in [-0.25, -0.2) is 0 Å². The number of hydrogen-bond donors (Lipinski definition) is 2. The third kappa shape index (κ3) is 5.88. The van der Waals surface area contributed by atoms with Gasteiger partial charge in [-0.3, -0.25) is 14.9 Å². The van der Waals surface area contributed by atoms with Crippen LogP contribution in [0.2, 0.25) is 0 Å². The molecule has 1 rings (SSSR count). The van der Waals surface area contributed by atoms with E-state index in [-0.39, 0.29) is 12.3 Å². The molecule has 4 N–H and O–H groups in total. The van der Waals surface area contributed by atoms with Crippen molar-refractivity contribution < 1.29 is 14.5 Å². The standard InChI is InChI=1S/C14H21N3O4/c15-9-5-1-2-7-12(16)14(18)21-10-11-6-3-4-8-13(11)17(19)20/h3-4,6,8,12H,1-2,5,7,9-10,15-16H2. The normalized spacial score (nSPS) is 11.9. The zero-order chi connectivity index (χ0) is 15.7. The smallest absolute Gasteiger partial charge is 0.323 e. The topological polar surface area (TPSA) is 121 Å². The highest BCUT2D eigenvalue weighted by molar-refractivity contribution is 5.75. The number of rotatable bonds is 9. The van der Waals surface area contributed by atoms with Gasteiger partial charge in [0.15, 0.2) is 0 Å². The fourth-order valence-electron chi connectivity index (χ4n) is 1.87. The number of nitro benzene ring substituents is 1. The summed E-state index contributed by atoms with van der Waals surface area (Å²) in [7, 11) is 0. The second-order valence-electron chi connectivity index (χ2n) is 4.74. The minimum absolute atomic E-state index is 0.0678.